The summed E-state index contributed by atoms with van der Waals surface area (Å²) in [6, 6.07) is 2.15. The van der Waals surface area contributed by atoms with Crippen molar-refractivity contribution in [2.45, 2.75) is 50.7 Å². The first-order chi connectivity index (χ1) is 10.3. The second kappa shape index (κ2) is 5.73. The molecule has 1 N–H and O–H groups in total. The largest absolute Gasteiger partial charge is 0.391 e. The molecule has 2 heterocycles. The van der Waals surface area contributed by atoms with Crippen LogP contribution < -0.4 is 0 Å². The van der Waals surface area contributed by atoms with Crippen LogP contribution in [0.5, 0.6) is 0 Å². The van der Waals surface area contributed by atoms with E-state index in [9.17, 15) is 5.11 Å². The zero-order valence-electron chi connectivity index (χ0n) is 12.8. The topological polar surface area (TPSA) is 41.3 Å². The Balaban J connectivity index is 1.39. The lowest BCUT2D eigenvalue weighted by atomic mass is 9.77. The molecule has 3 aliphatic rings. The highest BCUT2D eigenvalue weighted by Crippen LogP contribution is 2.41. The van der Waals surface area contributed by atoms with Crippen LogP contribution in [0, 0.1) is 17.8 Å². The zero-order chi connectivity index (χ0) is 14.2. The molecule has 116 valence electrons. The number of aliphatic hydroxyl groups is 1. The summed E-state index contributed by atoms with van der Waals surface area (Å²) in [5.41, 5.74) is 0. The van der Waals surface area contributed by atoms with Crippen LogP contribution in [0.1, 0.15) is 44.6 Å². The third-order valence-electron chi connectivity index (χ3n) is 6.04. The summed E-state index contributed by atoms with van der Waals surface area (Å²) in [4.78, 5) is 2.68. The molecule has 1 saturated heterocycles. The van der Waals surface area contributed by atoms with Crippen molar-refractivity contribution in [1.82, 2.24) is 14.7 Å². The van der Waals surface area contributed by atoms with Crippen LogP contribution in [0.3, 0.4) is 0 Å². The standard InChI is InChI=1S/C17H27N3O/c21-17-9-15-12-19(10-13-4-1-2-5-13)11-14(15)8-16(17)20-7-3-6-18-20/h3,6-7,13-17,21H,1-2,4-5,8-12H2/t14-,15+,16-,17-/m0/s1. The average Bonchev–Trinajstić information content (AvgIpc) is 3.17. The minimum absolute atomic E-state index is 0.188. The molecule has 4 atom stereocenters. The quantitative estimate of drug-likeness (QED) is 0.928. The summed E-state index contributed by atoms with van der Waals surface area (Å²) >= 11 is 0. The maximum atomic E-state index is 10.5. The molecule has 0 aromatic carbocycles. The molecule has 2 aliphatic carbocycles. The number of nitrogens with zero attached hydrogens (tertiary/aromatic N) is 3. The van der Waals surface area contributed by atoms with Crippen molar-refractivity contribution < 1.29 is 5.11 Å². The zero-order valence-corrected chi connectivity index (χ0v) is 12.8. The number of aliphatic hydroxyl groups excluding tert-OH is 1. The predicted octanol–water partition coefficient (Wildman–Crippen LogP) is 2.32. The Morgan fingerprint density at radius 3 is 2.57 bits per heavy atom. The molecule has 1 aromatic rings. The van der Waals surface area contributed by atoms with E-state index in [-0.39, 0.29) is 12.1 Å². The Morgan fingerprint density at radius 2 is 1.86 bits per heavy atom. The van der Waals surface area contributed by atoms with Crippen LogP contribution in [0.25, 0.3) is 0 Å². The van der Waals surface area contributed by atoms with Crippen LogP contribution in [0.15, 0.2) is 18.5 Å². The van der Waals surface area contributed by atoms with Crippen LogP contribution in [0.2, 0.25) is 0 Å². The van der Waals surface area contributed by atoms with E-state index >= 15 is 0 Å². The maximum Gasteiger partial charge on any atom is 0.0781 e. The van der Waals surface area contributed by atoms with Crippen molar-refractivity contribution in [2.24, 2.45) is 17.8 Å². The van der Waals surface area contributed by atoms with E-state index in [0.717, 1.165) is 24.7 Å². The van der Waals surface area contributed by atoms with Crippen molar-refractivity contribution >= 4 is 0 Å². The van der Waals surface area contributed by atoms with E-state index in [1.54, 1.807) is 0 Å². The van der Waals surface area contributed by atoms with Gasteiger partial charge in [0.25, 0.3) is 0 Å². The van der Waals surface area contributed by atoms with Gasteiger partial charge in [0, 0.05) is 32.0 Å². The van der Waals surface area contributed by atoms with Crippen molar-refractivity contribution in [3.63, 3.8) is 0 Å². The van der Waals surface area contributed by atoms with Gasteiger partial charge in [-0.2, -0.15) is 5.10 Å². The molecule has 0 spiro atoms. The van der Waals surface area contributed by atoms with E-state index in [4.69, 9.17) is 0 Å². The SMILES string of the molecule is O[C@H]1C[C@@H]2CN(CC3CCCC3)C[C@@H]2C[C@@H]1n1cccn1. The van der Waals surface area contributed by atoms with Gasteiger partial charge < -0.3 is 10.0 Å². The van der Waals surface area contributed by atoms with Crippen LogP contribution in [0.4, 0.5) is 0 Å². The van der Waals surface area contributed by atoms with Gasteiger partial charge in [0.15, 0.2) is 0 Å². The minimum atomic E-state index is -0.224. The van der Waals surface area contributed by atoms with E-state index in [2.05, 4.69) is 10.00 Å². The van der Waals surface area contributed by atoms with Gasteiger partial charge >= 0.3 is 0 Å². The normalized spacial score (nSPS) is 38.0. The molecule has 2 saturated carbocycles. The first kappa shape index (κ1) is 13.8. The van der Waals surface area contributed by atoms with E-state index in [0.29, 0.717) is 5.92 Å². The van der Waals surface area contributed by atoms with Crippen molar-refractivity contribution in [3.8, 4) is 0 Å². The third kappa shape index (κ3) is 2.76. The molecule has 0 radical (unpaired) electrons. The molecule has 0 unspecified atom stereocenters. The van der Waals surface area contributed by atoms with Crippen molar-refractivity contribution in [3.05, 3.63) is 18.5 Å². The predicted molar refractivity (Wildman–Crippen MR) is 81.9 cm³/mol. The third-order valence-corrected chi connectivity index (χ3v) is 6.04. The Hall–Kier alpha value is -0.870. The molecule has 21 heavy (non-hydrogen) atoms. The Bertz CT molecular complexity index is 455. The molecule has 4 rings (SSSR count). The first-order valence-corrected chi connectivity index (χ1v) is 8.69. The van der Waals surface area contributed by atoms with Gasteiger partial charge in [-0.3, -0.25) is 4.68 Å². The highest BCUT2D eigenvalue weighted by Gasteiger charge is 2.42. The van der Waals surface area contributed by atoms with Crippen LogP contribution >= 0.6 is 0 Å². The molecule has 4 heteroatoms. The second-order valence-electron chi connectivity index (χ2n) is 7.48. The van der Waals surface area contributed by atoms with Gasteiger partial charge in [0.1, 0.15) is 0 Å². The Labute approximate surface area is 127 Å². The monoisotopic (exact) mass is 289 g/mol. The Morgan fingerprint density at radius 1 is 1.10 bits per heavy atom. The number of fused-ring (bicyclic) bond motifs is 1. The lowest BCUT2D eigenvalue weighted by Gasteiger charge is -2.35. The average molecular weight is 289 g/mol. The van der Waals surface area contributed by atoms with Gasteiger partial charge in [-0.15, -0.1) is 0 Å². The second-order valence-corrected chi connectivity index (χ2v) is 7.48. The number of hydrogen-bond donors (Lipinski definition) is 1. The number of likely N-dealkylation sites (tertiary alicyclic amines) is 1. The van der Waals surface area contributed by atoms with Crippen molar-refractivity contribution in [1.29, 1.82) is 0 Å². The molecule has 3 fully saturated rings. The van der Waals surface area contributed by atoms with E-state index in [1.165, 1.54) is 45.3 Å². The molecular weight excluding hydrogens is 262 g/mol. The highest BCUT2D eigenvalue weighted by molar-refractivity contribution is 4.96. The van der Waals surface area contributed by atoms with Crippen molar-refractivity contribution in [2.75, 3.05) is 19.6 Å². The van der Waals surface area contributed by atoms with Gasteiger partial charge in [0.05, 0.1) is 12.1 Å². The Kier molecular flexibility index (Phi) is 3.76. The lowest BCUT2D eigenvalue weighted by Crippen LogP contribution is -2.36. The summed E-state index contributed by atoms with van der Waals surface area (Å²) in [6.07, 6.45) is 11.4. The fraction of sp³-hybridized carbons (Fsp3) is 0.824. The fourth-order valence-corrected chi connectivity index (χ4v) is 4.97. The van der Waals surface area contributed by atoms with Gasteiger partial charge in [-0.1, -0.05) is 12.8 Å². The fourth-order valence-electron chi connectivity index (χ4n) is 4.97. The number of aromatic nitrogens is 2. The molecule has 1 aromatic heterocycles. The molecule has 1 aliphatic heterocycles. The van der Waals surface area contributed by atoms with Gasteiger partial charge in [-0.25, -0.2) is 0 Å². The number of hydrogen-bond acceptors (Lipinski definition) is 3. The van der Waals surface area contributed by atoms with Crippen LogP contribution in [-0.2, 0) is 0 Å². The lowest BCUT2D eigenvalue weighted by molar-refractivity contribution is 0.0306. The van der Waals surface area contributed by atoms with Gasteiger partial charge in [0.2, 0.25) is 0 Å². The highest BCUT2D eigenvalue weighted by atomic mass is 16.3. The van der Waals surface area contributed by atoms with E-state index < -0.39 is 0 Å². The molecule has 4 nitrogen and oxygen atoms in total. The van der Waals surface area contributed by atoms with Gasteiger partial charge in [-0.05, 0) is 49.5 Å². The maximum absolute atomic E-state index is 10.5. The molecular formula is C17H27N3O. The summed E-state index contributed by atoms with van der Waals surface area (Å²) in [5.74, 6) is 2.40. The summed E-state index contributed by atoms with van der Waals surface area (Å²) in [6.45, 7) is 3.76. The summed E-state index contributed by atoms with van der Waals surface area (Å²) < 4.78 is 1.97. The summed E-state index contributed by atoms with van der Waals surface area (Å²) in [7, 11) is 0. The van der Waals surface area contributed by atoms with E-state index in [1.807, 2.05) is 23.1 Å². The smallest absolute Gasteiger partial charge is 0.0781 e. The summed E-state index contributed by atoms with van der Waals surface area (Å²) in [5, 5.41) is 14.8. The first-order valence-electron chi connectivity index (χ1n) is 8.69. The minimum Gasteiger partial charge on any atom is -0.391 e. The number of rotatable bonds is 3. The van der Waals surface area contributed by atoms with Crippen LogP contribution in [-0.4, -0.2) is 45.5 Å². The molecule has 0 bridgehead atoms. The molecule has 0 amide bonds.